The van der Waals surface area contributed by atoms with Crippen molar-refractivity contribution in [3.63, 3.8) is 0 Å². The predicted octanol–water partition coefficient (Wildman–Crippen LogP) is 3.48. The van der Waals surface area contributed by atoms with Crippen LogP contribution in [0.1, 0.15) is 31.9 Å². The van der Waals surface area contributed by atoms with Crippen molar-refractivity contribution >= 4 is 11.2 Å². The highest BCUT2D eigenvalue weighted by molar-refractivity contribution is 5.72. The van der Waals surface area contributed by atoms with Crippen LogP contribution in [0.4, 0.5) is 4.39 Å². The number of halogens is 1. The van der Waals surface area contributed by atoms with Gasteiger partial charge in [-0.25, -0.2) is 18.7 Å². The van der Waals surface area contributed by atoms with Gasteiger partial charge in [-0.2, -0.15) is 0 Å². The van der Waals surface area contributed by atoms with Gasteiger partial charge >= 0.3 is 5.69 Å². The highest BCUT2D eigenvalue weighted by atomic mass is 19.1. The van der Waals surface area contributed by atoms with Crippen LogP contribution in [0.2, 0.25) is 0 Å². The third-order valence-electron chi connectivity index (χ3n) is 5.66. The number of ether oxygens (including phenoxy) is 1. The first-order valence-corrected chi connectivity index (χ1v) is 10.8. The molecule has 0 radical (unpaired) electrons. The molecule has 0 spiro atoms. The lowest BCUT2D eigenvalue weighted by atomic mass is 9.87. The number of imidazole rings is 1. The summed E-state index contributed by atoms with van der Waals surface area (Å²) in [6.07, 6.45) is 1.54. The number of hydrogen-bond donors (Lipinski definition) is 0. The lowest BCUT2D eigenvalue weighted by molar-refractivity contribution is 0.184. The molecule has 0 aliphatic rings. The first-order chi connectivity index (χ1) is 15.7. The molecule has 0 N–H and O–H groups in total. The third-order valence-corrected chi connectivity index (χ3v) is 5.66. The molecule has 0 aliphatic heterocycles. The zero-order valence-electron chi connectivity index (χ0n) is 19.2. The molecule has 0 bridgehead atoms. The SMILES string of the molecule is COCCn1c(=O)c2c(ncn2Cc2ccc(C(C)(C)C)cc2)n(-c2cccc(F)c2)c1=O. The molecule has 0 unspecified atom stereocenters. The average Bonchev–Trinajstić information content (AvgIpc) is 3.17. The number of nitrogens with zero attached hydrogens (tertiary/aromatic N) is 4. The second kappa shape index (κ2) is 8.78. The van der Waals surface area contributed by atoms with Crippen LogP contribution < -0.4 is 11.2 Å². The summed E-state index contributed by atoms with van der Waals surface area (Å²) in [4.78, 5) is 30.9. The maximum atomic E-state index is 13.9. The molecule has 33 heavy (non-hydrogen) atoms. The Labute approximate surface area is 190 Å². The maximum Gasteiger partial charge on any atom is 0.337 e. The smallest absolute Gasteiger partial charge is 0.337 e. The van der Waals surface area contributed by atoms with Gasteiger partial charge in [-0.15, -0.1) is 0 Å². The van der Waals surface area contributed by atoms with Crippen molar-refractivity contribution in [3.05, 3.63) is 92.6 Å². The van der Waals surface area contributed by atoms with E-state index in [4.69, 9.17) is 4.74 Å². The van der Waals surface area contributed by atoms with Crippen molar-refractivity contribution in [1.29, 1.82) is 0 Å². The van der Waals surface area contributed by atoms with Gasteiger partial charge in [-0.05, 0) is 34.7 Å². The molecule has 0 saturated carbocycles. The summed E-state index contributed by atoms with van der Waals surface area (Å²) in [5, 5.41) is 0. The van der Waals surface area contributed by atoms with Crippen LogP contribution in [-0.2, 0) is 23.2 Å². The van der Waals surface area contributed by atoms with Crippen molar-refractivity contribution in [2.45, 2.75) is 39.3 Å². The Balaban J connectivity index is 1.88. The molecule has 2 aromatic heterocycles. The molecule has 4 rings (SSSR count). The molecule has 0 aliphatic carbocycles. The second-order valence-corrected chi connectivity index (χ2v) is 9.04. The number of rotatable bonds is 6. The first kappa shape index (κ1) is 22.7. The summed E-state index contributed by atoms with van der Waals surface area (Å²) < 4.78 is 23.1. The Hall–Kier alpha value is -3.52. The zero-order chi connectivity index (χ0) is 23.8. The molecule has 2 aromatic carbocycles. The van der Waals surface area contributed by atoms with Gasteiger partial charge in [0.1, 0.15) is 5.82 Å². The number of benzene rings is 2. The van der Waals surface area contributed by atoms with Crippen LogP contribution in [0.3, 0.4) is 0 Å². The largest absolute Gasteiger partial charge is 0.383 e. The Morgan fingerprint density at radius 1 is 1.06 bits per heavy atom. The van der Waals surface area contributed by atoms with E-state index in [2.05, 4.69) is 37.9 Å². The minimum absolute atomic E-state index is 0.0380. The zero-order valence-corrected chi connectivity index (χ0v) is 19.2. The molecule has 0 atom stereocenters. The van der Waals surface area contributed by atoms with Gasteiger partial charge in [0.25, 0.3) is 5.56 Å². The van der Waals surface area contributed by atoms with Crippen LogP contribution in [0, 0.1) is 5.82 Å². The summed E-state index contributed by atoms with van der Waals surface area (Å²) in [6.45, 7) is 7.12. The van der Waals surface area contributed by atoms with Crippen molar-refractivity contribution in [2.24, 2.45) is 0 Å². The summed E-state index contributed by atoms with van der Waals surface area (Å²) >= 11 is 0. The minimum Gasteiger partial charge on any atom is -0.383 e. The topological polar surface area (TPSA) is 71.1 Å². The predicted molar refractivity (Wildman–Crippen MR) is 126 cm³/mol. The van der Waals surface area contributed by atoms with E-state index in [9.17, 15) is 14.0 Å². The van der Waals surface area contributed by atoms with Crippen LogP contribution in [0.5, 0.6) is 0 Å². The molecular weight excluding hydrogens is 423 g/mol. The van der Waals surface area contributed by atoms with Gasteiger partial charge in [0.05, 0.1) is 25.2 Å². The van der Waals surface area contributed by atoms with Crippen molar-refractivity contribution in [2.75, 3.05) is 13.7 Å². The molecule has 172 valence electrons. The van der Waals surface area contributed by atoms with Crippen molar-refractivity contribution < 1.29 is 9.13 Å². The first-order valence-electron chi connectivity index (χ1n) is 10.8. The number of fused-ring (bicyclic) bond motifs is 1. The fraction of sp³-hybridized carbons (Fsp3) is 0.320. The van der Waals surface area contributed by atoms with Gasteiger partial charge in [0, 0.05) is 13.7 Å². The Morgan fingerprint density at radius 3 is 2.42 bits per heavy atom. The molecule has 2 heterocycles. The maximum absolute atomic E-state index is 13.9. The Kier molecular flexibility index (Phi) is 6.03. The molecule has 8 heteroatoms. The molecule has 7 nitrogen and oxygen atoms in total. The molecule has 4 aromatic rings. The molecule has 0 saturated heterocycles. The summed E-state index contributed by atoms with van der Waals surface area (Å²) in [6, 6.07) is 13.9. The van der Waals surface area contributed by atoms with E-state index < -0.39 is 17.1 Å². The fourth-order valence-electron chi connectivity index (χ4n) is 3.83. The van der Waals surface area contributed by atoms with Crippen molar-refractivity contribution in [3.8, 4) is 5.69 Å². The monoisotopic (exact) mass is 450 g/mol. The van der Waals surface area contributed by atoms with Crippen molar-refractivity contribution in [1.82, 2.24) is 18.7 Å². The van der Waals surface area contributed by atoms with Gasteiger partial charge in [-0.3, -0.25) is 9.36 Å². The lowest BCUT2D eigenvalue weighted by Crippen LogP contribution is -2.41. The Morgan fingerprint density at radius 2 is 1.79 bits per heavy atom. The van der Waals surface area contributed by atoms with Gasteiger partial charge < -0.3 is 9.30 Å². The van der Waals surface area contributed by atoms with E-state index in [1.807, 2.05) is 12.1 Å². The van der Waals surface area contributed by atoms with Crippen LogP contribution in [0.15, 0.2) is 64.4 Å². The molecule has 0 amide bonds. The van der Waals surface area contributed by atoms with Crippen LogP contribution in [0.25, 0.3) is 16.9 Å². The van der Waals surface area contributed by atoms with Gasteiger partial charge in [0.2, 0.25) is 0 Å². The van der Waals surface area contributed by atoms with Gasteiger partial charge in [-0.1, -0.05) is 51.1 Å². The van der Waals surface area contributed by atoms with E-state index in [-0.39, 0.29) is 29.7 Å². The normalized spacial score (nSPS) is 11.9. The van der Waals surface area contributed by atoms with Gasteiger partial charge in [0.15, 0.2) is 11.2 Å². The summed E-state index contributed by atoms with van der Waals surface area (Å²) in [5.74, 6) is -0.486. The quantitative estimate of drug-likeness (QED) is 0.451. The van der Waals surface area contributed by atoms with Crippen LogP contribution >= 0.6 is 0 Å². The number of hydrogen-bond acceptors (Lipinski definition) is 4. The van der Waals surface area contributed by atoms with E-state index in [0.717, 1.165) is 10.1 Å². The third kappa shape index (κ3) is 4.39. The lowest BCUT2D eigenvalue weighted by Gasteiger charge is -2.19. The minimum atomic E-state index is -0.588. The summed E-state index contributed by atoms with van der Waals surface area (Å²) in [5.41, 5.74) is 1.97. The average molecular weight is 451 g/mol. The molecular formula is C25H27FN4O3. The molecule has 0 fully saturated rings. The number of methoxy groups -OCH3 is 1. The van der Waals surface area contributed by atoms with E-state index in [0.29, 0.717) is 12.2 Å². The standard InChI is InChI=1S/C25H27FN4O3/c1-25(2,3)18-10-8-17(9-11-18)15-28-16-27-22-21(28)23(31)29(12-13-33-4)24(32)30(22)20-7-5-6-19(26)14-20/h5-11,14,16H,12-13,15H2,1-4H3. The van der Waals surface area contributed by atoms with Crippen LogP contribution in [-0.4, -0.2) is 32.4 Å². The van der Waals surface area contributed by atoms with E-state index in [1.54, 1.807) is 17.0 Å². The Bertz CT molecular complexity index is 1410. The highest BCUT2D eigenvalue weighted by Crippen LogP contribution is 2.23. The highest BCUT2D eigenvalue weighted by Gasteiger charge is 2.20. The summed E-state index contributed by atoms with van der Waals surface area (Å²) in [7, 11) is 1.50. The van der Waals surface area contributed by atoms with E-state index in [1.165, 1.54) is 35.4 Å². The number of aromatic nitrogens is 4. The second-order valence-electron chi connectivity index (χ2n) is 9.04. The van der Waals surface area contributed by atoms with E-state index >= 15 is 0 Å². The fourth-order valence-corrected chi connectivity index (χ4v) is 3.83.